The number of anilines is 1. The maximum absolute atomic E-state index is 13.1. The van der Waals surface area contributed by atoms with E-state index in [0.29, 0.717) is 12.1 Å². The number of carbonyl (C=O) groups excluding carboxylic acids is 1. The first-order valence-corrected chi connectivity index (χ1v) is 12.4. The molecule has 5 rings (SSSR count). The van der Waals surface area contributed by atoms with Gasteiger partial charge in [0.05, 0.1) is 0 Å². The Balaban J connectivity index is 1.09. The fourth-order valence-corrected chi connectivity index (χ4v) is 4.56. The molecule has 1 N–H and O–H groups in total. The Morgan fingerprint density at radius 3 is 1.92 bits per heavy atom. The monoisotopic (exact) mass is 479 g/mol. The van der Waals surface area contributed by atoms with E-state index >= 15 is 0 Å². The van der Waals surface area contributed by atoms with Crippen molar-refractivity contribution in [1.82, 2.24) is 10.2 Å². The summed E-state index contributed by atoms with van der Waals surface area (Å²) in [4.78, 5) is 17.5. The minimum absolute atomic E-state index is 0.110. The van der Waals surface area contributed by atoms with Crippen LogP contribution in [0.15, 0.2) is 103 Å². The summed E-state index contributed by atoms with van der Waals surface area (Å²) in [5.41, 5.74) is 6.13. The number of hydrogen-bond donors (Lipinski definition) is 1. The standard InChI is InChI=1S/C31H30FN3O/c32-29-16-14-27(15-17-29)26-10-12-28(13-11-26)31(36)33-22-24-6-8-25(9-7-24)23-34-18-20-35(21-19-34)30-4-2-1-3-5-30/h1-17H,18-23H2,(H,33,36). The second kappa shape index (κ2) is 11.2. The van der Waals surface area contributed by atoms with Gasteiger partial charge in [0.2, 0.25) is 0 Å². The third-order valence-electron chi connectivity index (χ3n) is 6.70. The number of hydrogen-bond acceptors (Lipinski definition) is 3. The molecule has 4 nitrogen and oxygen atoms in total. The summed E-state index contributed by atoms with van der Waals surface area (Å²) in [5.74, 6) is -0.370. The van der Waals surface area contributed by atoms with Crippen molar-refractivity contribution in [2.45, 2.75) is 13.1 Å². The Morgan fingerprint density at radius 2 is 1.28 bits per heavy atom. The largest absolute Gasteiger partial charge is 0.369 e. The number of amides is 1. The Bertz CT molecular complexity index is 1260. The highest BCUT2D eigenvalue weighted by Crippen LogP contribution is 2.20. The molecule has 182 valence electrons. The minimum Gasteiger partial charge on any atom is -0.369 e. The van der Waals surface area contributed by atoms with Gasteiger partial charge in [-0.1, -0.05) is 66.7 Å². The molecule has 1 aliphatic rings. The first-order valence-electron chi connectivity index (χ1n) is 12.4. The first-order chi connectivity index (χ1) is 17.6. The molecule has 5 heteroatoms. The van der Waals surface area contributed by atoms with Crippen molar-refractivity contribution in [3.05, 3.63) is 126 Å². The van der Waals surface area contributed by atoms with Gasteiger partial charge in [0.1, 0.15) is 5.82 Å². The SMILES string of the molecule is O=C(NCc1ccc(CN2CCN(c3ccccc3)CC2)cc1)c1ccc(-c2ccc(F)cc2)cc1. The van der Waals surface area contributed by atoms with Crippen molar-refractivity contribution >= 4 is 11.6 Å². The highest BCUT2D eigenvalue weighted by molar-refractivity contribution is 5.94. The molecule has 1 fully saturated rings. The number of piperazine rings is 1. The van der Waals surface area contributed by atoms with Crippen molar-refractivity contribution in [2.24, 2.45) is 0 Å². The molecule has 0 bridgehead atoms. The predicted octanol–water partition coefficient (Wildman–Crippen LogP) is 5.74. The molecule has 0 spiro atoms. The minimum atomic E-state index is -0.260. The molecule has 0 saturated carbocycles. The molecular formula is C31H30FN3O. The van der Waals surface area contributed by atoms with Gasteiger partial charge in [-0.05, 0) is 58.7 Å². The zero-order valence-corrected chi connectivity index (χ0v) is 20.2. The van der Waals surface area contributed by atoms with Crippen molar-refractivity contribution in [3.63, 3.8) is 0 Å². The lowest BCUT2D eigenvalue weighted by Crippen LogP contribution is -2.45. The zero-order chi connectivity index (χ0) is 24.7. The quantitative estimate of drug-likeness (QED) is 0.367. The summed E-state index contributed by atoms with van der Waals surface area (Å²) < 4.78 is 13.1. The lowest BCUT2D eigenvalue weighted by molar-refractivity contribution is 0.0951. The second-order valence-electron chi connectivity index (χ2n) is 9.18. The Kier molecular flexibility index (Phi) is 7.39. The van der Waals surface area contributed by atoms with E-state index in [0.717, 1.165) is 49.4 Å². The first kappa shape index (κ1) is 23.8. The number of rotatable bonds is 7. The summed E-state index contributed by atoms with van der Waals surface area (Å²) in [6.45, 7) is 5.60. The normalized spacial score (nSPS) is 14.0. The lowest BCUT2D eigenvalue weighted by Gasteiger charge is -2.36. The number of benzene rings is 4. The number of nitrogens with zero attached hydrogens (tertiary/aromatic N) is 2. The van der Waals surface area contributed by atoms with Crippen molar-refractivity contribution in [2.75, 3.05) is 31.1 Å². The molecular weight excluding hydrogens is 449 g/mol. The molecule has 4 aromatic rings. The fraction of sp³-hybridized carbons (Fsp3) is 0.194. The number of carbonyl (C=O) groups is 1. The van der Waals surface area contributed by atoms with Crippen LogP contribution in [0.3, 0.4) is 0 Å². The van der Waals surface area contributed by atoms with Crippen LogP contribution in [0.4, 0.5) is 10.1 Å². The van der Waals surface area contributed by atoms with E-state index in [-0.39, 0.29) is 11.7 Å². The van der Waals surface area contributed by atoms with E-state index in [9.17, 15) is 9.18 Å². The van der Waals surface area contributed by atoms with Gasteiger partial charge in [-0.3, -0.25) is 9.69 Å². The van der Waals surface area contributed by atoms with Gasteiger partial charge >= 0.3 is 0 Å². The van der Waals surface area contributed by atoms with Gasteiger partial charge in [0.25, 0.3) is 5.91 Å². The molecule has 0 radical (unpaired) electrons. The average Bonchev–Trinajstić information content (AvgIpc) is 2.94. The Labute approximate surface area is 212 Å². The van der Waals surface area contributed by atoms with E-state index < -0.39 is 0 Å². The molecule has 0 aliphatic carbocycles. The fourth-order valence-electron chi connectivity index (χ4n) is 4.56. The van der Waals surface area contributed by atoms with Gasteiger partial charge in [0, 0.05) is 50.5 Å². The lowest BCUT2D eigenvalue weighted by atomic mass is 10.0. The van der Waals surface area contributed by atoms with E-state index in [1.807, 2.05) is 12.1 Å². The molecule has 0 atom stereocenters. The Morgan fingerprint density at radius 1 is 0.694 bits per heavy atom. The summed E-state index contributed by atoms with van der Waals surface area (Å²) in [6.07, 6.45) is 0. The van der Waals surface area contributed by atoms with Crippen LogP contribution in [0.2, 0.25) is 0 Å². The summed E-state index contributed by atoms with van der Waals surface area (Å²) in [5, 5.41) is 3.00. The molecule has 1 amide bonds. The van der Waals surface area contributed by atoms with Crippen LogP contribution in [-0.2, 0) is 13.1 Å². The Hall–Kier alpha value is -3.96. The molecule has 1 saturated heterocycles. The highest BCUT2D eigenvalue weighted by atomic mass is 19.1. The van der Waals surface area contributed by atoms with E-state index in [4.69, 9.17) is 0 Å². The molecule has 36 heavy (non-hydrogen) atoms. The van der Waals surface area contributed by atoms with Crippen LogP contribution >= 0.6 is 0 Å². The van der Waals surface area contributed by atoms with Gasteiger partial charge in [-0.2, -0.15) is 0 Å². The number of nitrogens with one attached hydrogen (secondary N) is 1. The smallest absolute Gasteiger partial charge is 0.251 e. The average molecular weight is 480 g/mol. The topological polar surface area (TPSA) is 35.6 Å². The van der Waals surface area contributed by atoms with Crippen molar-refractivity contribution in [3.8, 4) is 11.1 Å². The van der Waals surface area contributed by atoms with Gasteiger partial charge in [0.15, 0.2) is 0 Å². The molecule has 0 unspecified atom stereocenters. The molecule has 4 aromatic carbocycles. The summed E-state index contributed by atoms with van der Waals surface area (Å²) >= 11 is 0. The number of halogens is 1. The molecule has 1 heterocycles. The van der Waals surface area contributed by atoms with Crippen LogP contribution in [0, 0.1) is 5.82 Å². The third-order valence-corrected chi connectivity index (χ3v) is 6.70. The van der Waals surface area contributed by atoms with Crippen LogP contribution in [0.25, 0.3) is 11.1 Å². The van der Waals surface area contributed by atoms with Gasteiger partial charge in [-0.25, -0.2) is 4.39 Å². The second-order valence-corrected chi connectivity index (χ2v) is 9.18. The maximum atomic E-state index is 13.1. The number of para-hydroxylation sites is 1. The maximum Gasteiger partial charge on any atom is 0.251 e. The summed E-state index contributed by atoms with van der Waals surface area (Å²) in [7, 11) is 0. The van der Waals surface area contributed by atoms with Crippen molar-refractivity contribution in [1.29, 1.82) is 0 Å². The third kappa shape index (κ3) is 5.99. The van der Waals surface area contributed by atoms with Crippen LogP contribution in [-0.4, -0.2) is 37.0 Å². The van der Waals surface area contributed by atoms with E-state index in [2.05, 4.69) is 69.7 Å². The highest BCUT2D eigenvalue weighted by Gasteiger charge is 2.17. The van der Waals surface area contributed by atoms with Crippen LogP contribution < -0.4 is 10.2 Å². The molecule has 1 aliphatic heterocycles. The van der Waals surface area contributed by atoms with Crippen LogP contribution in [0.1, 0.15) is 21.5 Å². The summed E-state index contributed by atoms with van der Waals surface area (Å²) in [6, 6.07) is 32.8. The van der Waals surface area contributed by atoms with Gasteiger partial charge in [-0.15, -0.1) is 0 Å². The van der Waals surface area contributed by atoms with Crippen molar-refractivity contribution < 1.29 is 9.18 Å². The molecule has 0 aromatic heterocycles. The van der Waals surface area contributed by atoms with Crippen LogP contribution in [0.5, 0.6) is 0 Å². The van der Waals surface area contributed by atoms with Gasteiger partial charge < -0.3 is 10.2 Å². The zero-order valence-electron chi connectivity index (χ0n) is 20.2. The van der Waals surface area contributed by atoms with E-state index in [1.165, 1.54) is 23.4 Å². The predicted molar refractivity (Wildman–Crippen MR) is 143 cm³/mol. The van der Waals surface area contributed by atoms with E-state index in [1.54, 1.807) is 24.3 Å².